The minimum absolute atomic E-state index is 0.0385. The first kappa shape index (κ1) is 33.5. The summed E-state index contributed by atoms with van der Waals surface area (Å²) in [7, 11) is 0. The van der Waals surface area contributed by atoms with Crippen molar-refractivity contribution in [3.63, 3.8) is 0 Å². The van der Waals surface area contributed by atoms with E-state index in [0.717, 1.165) is 75.5 Å². The summed E-state index contributed by atoms with van der Waals surface area (Å²) < 4.78 is 0. The third kappa shape index (κ3) is 5.49. The van der Waals surface area contributed by atoms with Crippen LogP contribution in [0.15, 0.2) is 48.9 Å². The number of rotatable bonds is 6. The largest absolute Gasteiger partial charge is 0.508 e. The van der Waals surface area contributed by atoms with E-state index >= 15 is 0 Å². The minimum Gasteiger partial charge on any atom is -0.508 e. The van der Waals surface area contributed by atoms with Gasteiger partial charge in [-0.3, -0.25) is 19.7 Å². The second-order valence-electron chi connectivity index (χ2n) is 16.4. The number of benzene rings is 2. The van der Waals surface area contributed by atoms with E-state index in [-0.39, 0.29) is 46.1 Å². The predicted octanol–water partition coefficient (Wildman–Crippen LogP) is 5.99. The number of phenols is 1. The SMILES string of the molecule is CC1(C(=O)NC(=O)[C@@]2(C)CCC[C@]3(C)c4cc(O)ccc4CC[C@@H]23)CCCC2(C)c3cc(NC(=O)[C@@H](N)Cc4cnc[nH]4)ccc3CCC12. The molecule has 9 heteroatoms. The molecule has 0 spiro atoms. The van der Waals surface area contributed by atoms with Gasteiger partial charge in [-0.05, 0) is 121 Å². The van der Waals surface area contributed by atoms with E-state index in [9.17, 15) is 19.5 Å². The molecule has 2 saturated carbocycles. The van der Waals surface area contributed by atoms with Crippen LogP contribution in [-0.4, -0.2) is 38.8 Å². The average molecular weight is 666 g/mol. The molecule has 4 aliphatic carbocycles. The molecule has 0 bridgehead atoms. The molecule has 0 aliphatic heterocycles. The number of aromatic hydroxyl groups is 1. The third-order valence-corrected chi connectivity index (χ3v) is 13.6. The zero-order valence-corrected chi connectivity index (χ0v) is 29.3. The van der Waals surface area contributed by atoms with Crippen LogP contribution in [0.4, 0.5) is 5.69 Å². The van der Waals surface area contributed by atoms with Crippen LogP contribution in [0.25, 0.3) is 0 Å². The Bertz CT molecular complexity index is 1790. The average Bonchev–Trinajstić information content (AvgIpc) is 3.58. The maximum absolute atomic E-state index is 14.5. The van der Waals surface area contributed by atoms with E-state index in [1.807, 2.05) is 18.2 Å². The molecule has 2 aromatic carbocycles. The molecule has 9 nitrogen and oxygen atoms in total. The number of fused-ring (bicyclic) bond motifs is 6. The second kappa shape index (κ2) is 12.1. The van der Waals surface area contributed by atoms with Crippen LogP contribution >= 0.6 is 0 Å². The van der Waals surface area contributed by atoms with Crippen LogP contribution in [0, 0.1) is 22.7 Å². The van der Waals surface area contributed by atoms with E-state index in [1.165, 1.54) is 16.7 Å². The van der Waals surface area contributed by atoms with Crippen molar-refractivity contribution >= 4 is 23.4 Å². The molecule has 6 N–H and O–H groups in total. The summed E-state index contributed by atoms with van der Waals surface area (Å²) in [6, 6.07) is 11.1. The molecular weight excluding hydrogens is 614 g/mol. The maximum Gasteiger partial charge on any atom is 0.241 e. The number of nitrogens with zero attached hydrogens (tertiary/aromatic N) is 1. The first-order chi connectivity index (χ1) is 23.3. The number of H-pyrrole nitrogens is 1. The molecule has 7 atom stereocenters. The Labute approximate surface area is 289 Å². The maximum atomic E-state index is 14.5. The molecule has 1 heterocycles. The van der Waals surface area contributed by atoms with Crippen molar-refractivity contribution in [1.82, 2.24) is 15.3 Å². The normalized spacial score (nSPS) is 32.4. The molecule has 0 radical (unpaired) electrons. The lowest BCUT2D eigenvalue weighted by atomic mass is 9.49. The molecule has 4 aliphatic rings. The summed E-state index contributed by atoms with van der Waals surface area (Å²) in [5, 5.41) is 16.4. The molecule has 3 aromatic rings. The summed E-state index contributed by atoms with van der Waals surface area (Å²) in [6.45, 7) is 8.64. The van der Waals surface area contributed by atoms with Gasteiger partial charge in [-0.15, -0.1) is 0 Å². The Morgan fingerprint density at radius 1 is 0.878 bits per heavy atom. The molecular formula is C40H51N5O4. The van der Waals surface area contributed by atoms with Crippen molar-refractivity contribution in [1.29, 1.82) is 0 Å². The number of carbonyl (C=O) groups excluding carboxylic acids is 3. The van der Waals surface area contributed by atoms with Gasteiger partial charge in [0.05, 0.1) is 23.2 Å². The van der Waals surface area contributed by atoms with Crippen LogP contribution in [0.3, 0.4) is 0 Å². The molecule has 1 aromatic heterocycles. The number of phenolic OH excluding ortho intramolecular Hbond substituents is 1. The highest BCUT2D eigenvalue weighted by Gasteiger charge is 2.58. The van der Waals surface area contributed by atoms with Crippen molar-refractivity contribution in [2.24, 2.45) is 28.4 Å². The van der Waals surface area contributed by atoms with E-state index in [2.05, 4.69) is 60.4 Å². The molecule has 3 amide bonds. The number of aromatic amines is 1. The number of aryl methyl sites for hydroxylation is 2. The number of amides is 3. The predicted molar refractivity (Wildman–Crippen MR) is 189 cm³/mol. The molecule has 2 fully saturated rings. The Hall–Kier alpha value is -3.98. The third-order valence-electron chi connectivity index (χ3n) is 13.6. The van der Waals surface area contributed by atoms with E-state index in [4.69, 9.17) is 5.73 Å². The lowest BCUT2D eigenvalue weighted by Crippen LogP contribution is -2.60. The van der Waals surface area contributed by atoms with Gasteiger partial charge in [-0.2, -0.15) is 0 Å². The fourth-order valence-electron chi connectivity index (χ4n) is 10.9. The summed E-state index contributed by atoms with van der Waals surface area (Å²) >= 11 is 0. The lowest BCUT2D eigenvalue weighted by molar-refractivity contribution is -0.150. The summed E-state index contributed by atoms with van der Waals surface area (Å²) in [5.41, 5.74) is 10.6. The van der Waals surface area contributed by atoms with E-state index in [1.54, 1.807) is 18.6 Å². The van der Waals surface area contributed by atoms with Crippen molar-refractivity contribution < 1.29 is 19.5 Å². The Kier molecular flexibility index (Phi) is 8.28. The van der Waals surface area contributed by atoms with Crippen LogP contribution in [0.5, 0.6) is 5.75 Å². The number of imidazole rings is 1. The first-order valence-electron chi connectivity index (χ1n) is 18.1. The fourth-order valence-corrected chi connectivity index (χ4v) is 10.9. The van der Waals surface area contributed by atoms with E-state index < -0.39 is 16.9 Å². The monoisotopic (exact) mass is 665 g/mol. The number of nitrogens with one attached hydrogen (secondary N) is 3. The summed E-state index contributed by atoms with van der Waals surface area (Å²) in [5.74, 6) is -0.200. The van der Waals surface area contributed by atoms with Crippen LogP contribution in [-0.2, 0) is 44.5 Å². The van der Waals surface area contributed by atoms with Crippen molar-refractivity contribution in [2.75, 3.05) is 5.32 Å². The van der Waals surface area contributed by atoms with Crippen molar-refractivity contribution in [3.8, 4) is 5.75 Å². The first-order valence-corrected chi connectivity index (χ1v) is 18.1. The highest BCUT2D eigenvalue weighted by Crippen LogP contribution is 2.59. The Balaban J connectivity index is 1.10. The number of imide groups is 1. The van der Waals surface area contributed by atoms with Crippen molar-refractivity contribution in [3.05, 3.63) is 76.9 Å². The highest BCUT2D eigenvalue weighted by atomic mass is 16.3. The highest BCUT2D eigenvalue weighted by molar-refractivity contribution is 6.01. The zero-order valence-electron chi connectivity index (χ0n) is 29.3. The van der Waals surface area contributed by atoms with Gasteiger partial charge in [0.15, 0.2) is 0 Å². The van der Waals surface area contributed by atoms with Gasteiger partial charge < -0.3 is 21.1 Å². The van der Waals surface area contributed by atoms with Gasteiger partial charge in [0, 0.05) is 24.0 Å². The minimum atomic E-state index is -0.724. The molecule has 0 saturated heterocycles. The fraction of sp³-hybridized carbons (Fsp3) is 0.550. The van der Waals surface area contributed by atoms with Crippen LogP contribution < -0.4 is 16.4 Å². The smallest absolute Gasteiger partial charge is 0.241 e. The molecule has 3 unspecified atom stereocenters. The number of aromatic nitrogens is 2. The van der Waals surface area contributed by atoms with Crippen LogP contribution in [0.2, 0.25) is 0 Å². The molecule has 7 rings (SSSR count). The van der Waals surface area contributed by atoms with Gasteiger partial charge >= 0.3 is 0 Å². The summed E-state index contributed by atoms with van der Waals surface area (Å²) in [6.07, 6.45) is 12.2. The van der Waals surface area contributed by atoms with E-state index in [0.29, 0.717) is 12.1 Å². The number of hydrogen-bond acceptors (Lipinski definition) is 6. The topological polar surface area (TPSA) is 150 Å². The number of carbonyl (C=O) groups is 3. The number of nitrogens with two attached hydrogens (primary N) is 1. The van der Waals surface area contributed by atoms with Crippen LogP contribution in [0.1, 0.15) is 107 Å². The quantitative estimate of drug-likeness (QED) is 0.204. The van der Waals surface area contributed by atoms with Gasteiger partial charge in [0.25, 0.3) is 0 Å². The number of hydrogen-bond donors (Lipinski definition) is 5. The summed E-state index contributed by atoms with van der Waals surface area (Å²) in [4.78, 5) is 48.9. The Morgan fingerprint density at radius 2 is 1.45 bits per heavy atom. The number of anilines is 1. The Morgan fingerprint density at radius 3 is 2.02 bits per heavy atom. The standard InChI is InChI=1S/C40H51N5O4/c1-37-15-5-17-39(3,32(37)13-9-24-7-11-26(19-29(24)37)44-34(47)31(41)20-27-22-42-23-43-27)35(48)45-36(49)40(4)18-6-16-38(2)30-21-28(46)12-8-25(30)10-14-33(38)40/h7-8,11-12,19,21-23,31-33,46H,5-6,9-10,13-18,20,41H2,1-4H3,(H,42,43)(H,44,47)(H,45,48,49)/t31-,32?,33+,37?,38+,39?,40-/m0/s1. The van der Waals surface area contributed by atoms with Crippen molar-refractivity contribution in [2.45, 2.75) is 115 Å². The lowest BCUT2D eigenvalue weighted by Gasteiger charge is -2.56. The molecule has 260 valence electrons. The second-order valence-corrected chi connectivity index (χ2v) is 16.4. The zero-order chi connectivity index (χ0) is 34.8. The van der Waals surface area contributed by atoms with Gasteiger partial charge in [0.1, 0.15) is 5.75 Å². The molecule has 49 heavy (non-hydrogen) atoms. The van der Waals surface area contributed by atoms with Gasteiger partial charge in [-0.25, -0.2) is 4.98 Å². The van der Waals surface area contributed by atoms with Gasteiger partial charge in [-0.1, -0.05) is 52.7 Å². The van der Waals surface area contributed by atoms with Gasteiger partial charge in [0.2, 0.25) is 17.7 Å².